The summed E-state index contributed by atoms with van der Waals surface area (Å²) in [7, 11) is 1.77. The second-order valence-electron chi connectivity index (χ2n) is 7.76. The van der Waals surface area contributed by atoms with Crippen LogP contribution in [0.25, 0.3) is 0 Å². The highest BCUT2D eigenvalue weighted by Gasteiger charge is 2.12. The van der Waals surface area contributed by atoms with E-state index in [1.807, 2.05) is 24.3 Å². The predicted molar refractivity (Wildman–Crippen MR) is 123 cm³/mol. The molecule has 0 saturated heterocycles. The standard InChI is InChI=1S/C23H35N5O2/c1-17(2)28(18(3)4)13-8-12-25-23(24-5)26-16-19-9-6-10-20(15-19)27-22(29)21-11-7-14-30-21/h6-7,9-11,14-15,17-18H,8,12-13,16H2,1-5H3,(H,27,29)(H2,24,25,26). The first-order valence-corrected chi connectivity index (χ1v) is 10.5. The van der Waals surface area contributed by atoms with Gasteiger partial charge in [0.1, 0.15) is 0 Å². The van der Waals surface area contributed by atoms with Crippen molar-refractivity contribution in [2.45, 2.75) is 52.7 Å². The van der Waals surface area contributed by atoms with Crippen LogP contribution in [0, 0.1) is 0 Å². The van der Waals surface area contributed by atoms with Crippen molar-refractivity contribution in [3.63, 3.8) is 0 Å². The maximum absolute atomic E-state index is 12.1. The van der Waals surface area contributed by atoms with E-state index in [0.717, 1.165) is 36.7 Å². The fourth-order valence-electron chi connectivity index (χ4n) is 3.35. The number of benzene rings is 1. The SMILES string of the molecule is CN=C(NCCCN(C(C)C)C(C)C)NCc1cccc(NC(=O)c2ccco2)c1. The van der Waals surface area contributed by atoms with Crippen LogP contribution in [0.4, 0.5) is 5.69 Å². The van der Waals surface area contributed by atoms with Gasteiger partial charge in [-0.2, -0.15) is 0 Å². The summed E-state index contributed by atoms with van der Waals surface area (Å²) < 4.78 is 5.13. The summed E-state index contributed by atoms with van der Waals surface area (Å²) in [5.41, 5.74) is 1.77. The van der Waals surface area contributed by atoms with E-state index >= 15 is 0 Å². The van der Waals surface area contributed by atoms with Crippen LogP contribution >= 0.6 is 0 Å². The Kier molecular flexibility index (Phi) is 9.41. The summed E-state index contributed by atoms with van der Waals surface area (Å²) in [6.45, 7) is 11.5. The maximum Gasteiger partial charge on any atom is 0.291 e. The van der Waals surface area contributed by atoms with Gasteiger partial charge in [-0.1, -0.05) is 12.1 Å². The molecule has 164 valence electrons. The molecule has 0 aliphatic rings. The minimum Gasteiger partial charge on any atom is -0.459 e. The normalized spacial score (nSPS) is 11.9. The Morgan fingerprint density at radius 1 is 1.10 bits per heavy atom. The largest absolute Gasteiger partial charge is 0.459 e. The molecular formula is C23H35N5O2. The molecule has 1 amide bonds. The predicted octanol–water partition coefficient (Wildman–Crippen LogP) is 3.71. The summed E-state index contributed by atoms with van der Waals surface area (Å²) in [6, 6.07) is 12.1. The number of carbonyl (C=O) groups excluding carboxylic acids is 1. The monoisotopic (exact) mass is 413 g/mol. The van der Waals surface area contributed by atoms with E-state index in [-0.39, 0.29) is 11.7 Å². The number of nitrogens with zero attached hydrogens (tertiary/aromatic N) is 2. The molecule has 0 saturated carbocycles. The molecule has 2 rings (SSSR count). The van der Waals surface area contributed by atoms with E-state index in [9.17, 15) is 4.79 Å². The second-order valence-corrected chi connectivity index (χ2v) is 7.76. The van der Waals surface area contributed by atoms with Gasteiger partial charge in [0.2, 0.25) is 0 Å². The summed E-state index contributed by atoms with van der Waals surface area (Å²) in [5.74, 6) is 0.789. The lowest BCUT2D eigenvalue weighted by atomic mass is 10.2. The van der Waals surface area contributed by atoms with Gasteiger partial charge in [0.15, 0.2) is 11.7 Å². The Morgan fingerprint density at radius 3 is 2.50 bits per heavy atom. The minimum absolute atomic E-state index is 0.264. The van der Waals surface area contributed by atoms with Crippen LogP contribution in [0.1, 0.15) is 50.2 Å². The number of guanidine groups is 1. The number of anilines is 1. The van der Waals surface area contributed by atoms with Crippen LogP contribution in [0.5, 0.6) is 0 Å². The van der Waals surface area contributed by atoms with Crippen LogP contribution in [0.2, 0.25) is 0 Å². The van der Waals surface area contributed by atoms with E-state index < -0.39 is 0 Å². The lowest BCUT2D eigenvalue weighted by Crippen LogP contribution is -2.41. The topological polar surface area (TPSA) is 81.9 Å². The Bertz CT molecular complexity index is 792. The van der Waals surface area contributed by atoms with Crippen molar-refractivity contribution in [2.24, 2.45) is 4.99 Å². The van der Waals surface area contributed by atoms with E-state index in [2.05, 4.69) is 53.5 Å². The number of aliphatic imine (C=N–C) groups is 1. The number of hydrogen-bond acceptors (Lipinski definition) is 4. The molecule has 1 aromatic carbocycles. The van der Waals surface area contributed by atoms with Crippen molar-refractivity contribution in [1.29, 1.82) is 0 Å². The molecule has 7 nitrogen and oxygen atoms in total. The third kappa shape index (κ3) is 7.55. The molecule has 0 aliphatic heterocycles. The molecule has 1 aromatic heterocycles. The molecule has 7 heteroatoms. The van der Waals surface area contributed by atoms with Crippen LogP contribution in [-0.4, -0.2) is 49.0 Å². The van der Waals surface area contributed by atoms with Crippen molar-refractivity contribution < 1.29 is 9.21 Å². The first kappa shape index (κ1) is 23.5. The van der Waals surface area contributed by atoms with Gasteiger partial charge in [-0.15, -0.1) is 0 Å². The molecule has 0 atom stereocenters. The Balaban J connectivity index is 1.78. The van der Waals surface area contributed by atoms with Gasteiger partial charge in [-0.25, -0.2) is 0 Å². The van der Waals surface area contributed by atoms with Crippen LogP contribution in [0.15, 0.2) is 52.1 Å². The van der Waals surface area contributed by atoms with Crippen LogP contribution in [0.3, 0.4) is 0 Å². The number of hydrogen-bond donors (Lipinski definition) is 3. The van der Waals surface area contributed by atoms with Gasteiger partial charge in [0, 0.05) is 44.5 Å². The Hall–Kier alpha value is -2.80. The third-order valence-electron chi connectivity index (χ3n) is 4.83. The zero-order chi connectivity index (χ0) is 21.9. The lowest BCUT2D eigenvalue weighted by molar-refractivity contribution is 0.0996. The molecule has 3 N–H and O–H groups in total. The van der Waals surface area contributed by atoms with E-state index in [0.29, 0.717) is 18.6 Å². The highest BCUT2D eigenvalue weighted by molar-refractivity contribution is 6.02. The number of nitrogens with one attached hydrogen (secondary N) is 3. The molecule has 30 heavy (non-hydrogen) atoms. The van der Waals surface area contributed by atoms with Gasteiger partial charge in [0.05, 0.1) is 6.26 Å². The number of carbonyl (C=O) groups is 1. The molecule has 0 unspecified atom stereocenters. The smallest absolute Gasteiger partial charge is 0.291 e. The van der Waals surface area contributed by atoms with E-state index in [4.69, 9.17) is 4.42 Å². The second kappa shape index (κ2) is 12.0. The summed E-state index contributed by atoms with van der Waals surface area (Å²) in [4.78, 5) is 18.9. The number of rotatable bonds is 10. The van der Waals surface area contributed by atoms with Gasteiger partial charge in [-0.3, -0.25) is 14.7 Å². The molecule has 0 spiro atoms. The number of furan rings is 1. The van der Waals surface area contributed by atoms with E-state index in [1.165, 1.54) is 6.26 Å². The van der Waals surface area contributed by atoms with Gasteiger partial charge in [-0.05, 0) is 63.9 Å². The van der Waals surface area contributed by atoms with Gasteiger partial charge in [0.25, 0.3) is 5.91 Å². The molecule has 0 radical (unpaired) electrons. The molecule has 0 aliphatic carbocycles. The Labute approximate surface area is 179 Å². The van der Waals surface area contributed by atoms with Crippen molar-refractivity contribution in [3.8, 4) is 0 Å². The summed E-state index contributed by atoms with van der Waals surface area (Å²) in [6.07, 6.45) is 2.53. The fourth-order valence-corrected chi connectivity index (χ4v) is 3.35. The van der Waals surface area contributed by atoms with Crippen LogP contribution < -0.4 is 16.0 Å². The summed E-state index contributed by atoms with van der Waals surface area (Å²) in [5, 5.41) is 9.54. The zero-order valence-electron chi connectivity index (χ0n) is 18.7. The molecule has 1 heterocycles. The molecule has 0 fully saturated rings. The van der Waals surface area contributed by atoms with Crippen molar-refractivity contribution >= 4 is 17.6 Å². The first-order chi connectivity index (χ1) is 14.4. The maximum atomic E-state index is 12.1. The van der Waals surface area contributed by atoms with Crippen molar-refractivity contribution in [3.05, 3.63) is 54.0 Å². The highest BCUT2D eigenvalue weighted by Crippen LogP contribution is 2.12. The Morgan fingerprint density at radius 2 is 1.87 bits per heavy atom. The van der Waals surface area contributed by atoms with Crippen molar-refractivity contribution in [1.82, 2.24) is 15.5 Å². The first-order valence-electron chi connectivity index (χ1n) is 10.5. The average molecular weight is 414 g/mol. The van der Waals surface area contributed by atoms with Gasteiger partial charge >= 0.3 is 0 Å². The number of amides is 1. The zero-order valence-corrected chi connectivity index (χ0v) is 18.7. The average Bonchev–Trinajstić information content (AvgIpc) is 3.25. The molecular weight excluding hydrogens is 378 g/mol. The summed E-state index contributed by atoms with van der Waals surface area (Å²) >= 11 is 0. The fraction of sp³-hybridized carbons (Fsp3) is 0.478. The van der Waals surface area contributed by atoms with Crippen LogP contribution in [-0.2, 0) is 6.54 Å². The quantitative estimate of drug-likeness (QED) is 0.314. The third-order valence-corrected chi connectivity index (χ3v) is 4.83. The lowest BCUT2D eigenvalue weighted by Gasteiger charge is -2.30. The molecule has 2 aromatic rings. The van der Waals surface area contributed by atoms with Gasteiger partial charge < -0.3 is 20.4 Å². The highest BCUT2D eigenvalue weighted by atomic mass is 16.3. The minimum atomic E-state index is -0.264. The molecule has 0 bridgehead atoms. The van der Waals surface area contributed by atoms with Crippen molar-refractivity contribution in [2.75, 3.05) is 25.5 Å². The van der Waals surface area contributed by atoms with E-state index in [1.54, 1.807) is 19.2 Å².